The van der Waals surface area contributed by atoms with E-state index in [0.29, 0.717) is 36.3 Å². The van der Waals surface area contributed by atoms with Gasteiger partial charge in [-0.3, -0.25) is 4.79 Å². The van der Waals surface area contributed by atoms with Crippen LogP contribution in [-0.2, 0) is 18.4 Å². The number of carbonyl (C=O) groups is 1. The first-order valence-corrected chi connectivity index (χ1v) is 13.5. The van der Waals surface area contributed by atoms with Crippen LogP contribution in [-0.4, -0.2) is 45.9 Å². The molecule has 0 aliphatic carbocycles. The average molecular weight is 532 g/mol. The Morgan fingerprint density at radius 3 is 2.51 bits per heavy atom. The number of aliphatic hydroxyl groups excluding tert-OH is 1. The summed E-state index contributed by atoms with van der Waals surface area (Å²) in [6.45, 7) is 11.7. The summed E-state index contributed by atoms with van der Waals surface area (Å²) >= 11 is 0. The molecule has 1 aromatic heterocycles. The average Bonchev–Trinajstić information content (AvgIpc) is 3.33. The molecule has 1 atom stereocenters. The molecular weight excluding hydrogens is 490 g/mol. The van der Waals surface area contributed by atoms with Gasteiger partial charge in [0.1, 0.15) is 17.6 Å². The second-order valence-corrected chi connectivity index (χ2v) is 11.1. The summed E-state index contributed by atoms with van der Waals surface area (Å²) < 4.78 is 7.85. The zero-order chi connectivity index (χ0) is 28.6. The summed E-state index contributed by atoms with van der Waals surface area (Å²) in [4.78, 5) is 17.9. The lowest BCUT2D eigenvalue weighted by molar-refractivity contribution is 0.0930. The lowest BCUT2D eigenvalue weighted by atomic mass is 9.95. The van der Waals surface area contributed by atoms with E-state index in [1.807, 2.05) is 38.1 Å². The van der Waals surface area contributed by atoms with Crippen LogP contribution in [0.5, 0.6) is 5.75 Å². The van der Waals surface area contributed by atoms with Crippen LogP contribution in [0.15, 0.2) is 48.7 Å². The van der Waals surface area contributed by atoms with Gasteiger partial charge in [-0.2, -0.15) is 5.26 Å². The molecule has 1 heterocycles. The highest BCUT2D eigenvalue weighted by Gasteiger charge is 2.22. The molecule has 0 aliphatic rings. The van der Waals surface area contributed by atoms with Gasteiger partial charge in [-0.25, -0.2) is 4.98 Å². The Hall–Kier alpha value is -3.67. The number of nitrogens with one attached hydrogen (secondary N) is 1. The molecule has 0 radical (unpaired) electrons. The molecule has 1 amide bonds. The van der Waals surface area contributed by atoms with E-state index in [1.54, 1.807) is 12.1 Å². The van der Waals surface area contributed by atoms with Crippen molar-refractivity contribution in [2.45, 2.75) is 78.0 Å². The van der Waals surface area contributed by atoms with Gasteiger partial charge in [0.05, 0.1) is 17.4 Å². The quantitative estimate of drug-likeness (QED) is 0.314. The number of carbonyl (C=O) groups excluding carboxylic acids is 1. The van der Waals surface area contributed by atoms with Crippen LogP contribution in [0, 0.1) is 11.3 Å². The van der Waals surface area contributed by atoms with Gasteiger partial charge in [0.25, 0.3) is 5.91 Å². The molecule has 0 fully saturated rings. The topological polar surface area (TPSA) is 126 Å². The largest absolute Gasteiger partial charge is 0.490 e. The minimum atomic E-state index is -0.296. The van der Waals surface area contributed by atoms with E-state index < -0.39 is 0 Å². The first-order chi connectivity index (χ1) is 18.5. The molecule has 0 bridgehead atoms. The minimum Gasteiger partial charge on any atom is -0.490 e. The number of amides is 1. The molecule has 208 valence electrons. The van der Waals surface area contributed by atoms with Crippen LogP contribution in [0.4, 0.5) is 0 Å². The van der Waals surface area contributed by atoms with E-state index >= 15 is 0 Å². The Labute approximate surface area is 231 Å². The predicted molar refractivity (Wildman–Crippen MR) is 154 cm³/mol. The number of aliphatic hydroxyl groups is 1. The highest BCUT2D eigenvalue weighted by molar-refractivity contribution is 5.95. The number of nitriles is 1. The summed E-state index contributed by atoms with van der Waals surface area (Å²) in [6, 6.07) is 14.8. The number of hydrogen-bond acceptors (Lipinski definition) is 6. The highest BCUT2D eigenvalue weighted by Crippen LogP contribution is 2.27. The van der Waals surface area contributed by atoms with Crippen LogP contribution in [0.3, 0.4) is 0 Å². The number of aryl methyl sites for hydroxylation is 1. The summed E-state index contributed by atoms with van der Waals surface area (Å²) in [5.74, 6) is 1.19. The molecular formula is C31H41N5O3. The van der Waals surface area contributed by atoms with Gasteiger partial charge < -0.3 is 25.5 Å². The second-order valence-electron chi connectivity index (χ2n) is 11.1. The lowest BCUT2D eigenvalue weighted by Crippen LogP contribution is -2.37. The van der Waals surface area contributed by atoms with Gasteiger partial charge >= 0.3 is 0 Å². The third-order valence-electron chi connectivity index (χ3n) is 6.32. The molecule has 2 aromatic carbocycles. The van der Waals surface area contributed by atoms with Crippen LogP contribution in [0.2, 0.25) is 0 Å². The molecule has 39 heavy (non-hydrogen) atoms. The maximum absolute atomic E-state index is 13.0. The lowest BCUT2D eigenvalue weighted by Gasteiger charge is -2.19. The van der Waals surface area contributed by atoms with E-state index in [-0.39, 0.29) is 30.1 Å². The van der Waals surface area contributed by atoms with Gasteiger partial charge in [0.2, 0.25) is 0 Å². The zero-order valence-electron chi connectivity index (χ0n) is 23.7. The van der Waals surface area contributed by atoms with Gasteiger partial charge in [-0.1, -0.05) is 45.0 Å². The van der Waals surface area contributed by atoms with E-state index in [0.717, 1.165) is 35.6 Å². The Morgan fingerprint density at radius 2 is 1.92 bits per heavy atom. The molecule has 3 rings (SSSR count). The fourth-order valence-electron chi connectivity index (χ4n) is 4.45. The van der Waals surface area contributed by atoms with Crippen molar-refractivity contribution in [3.05, 3.63) is 71.2 Å². The smallest absolute Gasteiger partial charge is 0.251 e. The third-order valence-corrected chi connectivity index (χ3v) is 6.32. The number of hydrogen-bond donors (Lipinski definition) is 3. The molecule has 0 saturated carbocycles. The molecule has 0 aliphatic heterocycles. The number of nitrogens with two attached hydrogens (primary N) is 1. The molecule has 8 heteroatoms. The predicted octanol–water partition coefficient (Wildman–Crippen LogP) is 4.58. The SMILES string of the molecule is CC(C)Oc1ccc(C(=O)N[C@H](CCO)Cc2ccc(-c3cn(CCCN)c(C(C)(C)C)n3)cc2)cc1C#N. The van der Waals surface area contributed by atoms with E-state index in [1.165, 1.54) is 6.07 Å². The van der Waals surface area contributed by atoms with Crippen LogP contribution in [0.1, 0.15) is 74.8 Å². The Morgan fingerprint density at radius 1 is 1.21 bits per heavy atom. The Bertz CT molecular complexity index is 1280. The second kappa shape index (κ2) is 13.4. The van der Waals surface area contributed by atoms with Crippen molar-refractivity contribution in [2.75, 3.05) is 13.2 Å². The Balaban J connectivity index is 1.74. The van der Waals surface area contributed by atoms with Crippen LogP contribution in [0.25, 0.3) is 11.3 Å². The van der Waals surface area contributed by atoms with Crippen molar-refractivity contribution >= 4 is 5.91 Å². The van der Waals surface area contributed by atoms with Gasteiger partial charge in [-0.15, -0.1) is 0 Å². The first kappa shape index (κ1) is 29.9. The number of benzene rings is 2. The fraction of sp³-hybridized carbons (Fsp3) is 0.452. The van der Waals surface area contributed by atoms with Crippen molar-refractivity contribution in [1.82, 2.24) is 14.9 Å². The maximum atomic E-state index is 13.0. The van der Waals surface area contributed by atoms with Crippen LogP contribution >= 0.6 is 0 Å². The molecule has 0 spiro atoms. The number of aromatic nitrogens is 2. The molecule has 3 aromatic rings. The number of nitrogens with zero attached hydrogens (tertiary/aromatic N) is 3. The summed E-state index contributed by atoms with van der Waals surface area (Å²) in [5, 5.41) is 22.1. The summed E-state index contributed by atoms with van der Waals surface area (Å²) in [7, 11) is 0. The number of rotatable bonds is 12. The van der Waals surface area contributed by atoms with Crippen molar-refractivity contribution in [2.24, 2.45) is 5.73 Å². The summed E-state index contributed by atoms with van der Waals surface area (Å²) in [5.41, 5.74) is 9.31. The van der Waals surface area contributed by atoms with E-state index in [9.17, 15) is 15.2 Å². The van der Waals surface area contributed by atoms with Crippen molar-refractivity contribution in [3.8, 4) is 23.1 Å². The maximum Gasteiger partial charge on any atom is 0.251 e. The monoisotopic (exact) mass is 531 g/mol. The third kappa shape index (κ3) is 8.16. The van der Waals surface area contributed by atoms with Crippen molar-refractivity contribution < 1.29 is 14.6 Å². The number of imidazole rings is 1. The Kier molecular flexibility index (Phi) is 10.3. The molecule has 0 unspecified atom stereocenters. The minimum absolute atomic E-state index is 0.0521. The van der Waals surface area contributed by atoms with Gasteiger partial charge in [0.15, 0.2) is 0 Å². The molecule has 4 N–H and O–H groups in total. The first-order valence-electron chi connectivity index (χ1n) is 13.5. The van der Waals surface area contributed by atoms with Gasteiger partial charge in [0, 0.05) is 41.9 Å². The van der Waals surface area contributed by atoms with Crippen molar-refractivity contribution in [3.63, 3.8) is 0 Å². The fourth-order valence-corrected chi connectivity index (χ4v) is 4.45. The van der Waals surface area contributed by atoms with E-state index in [2.05, 4.69) is 42.9 Å². The van der Waals surface area contributed by atoms with E-state index in [4.69, 9.17) is 15.5 Å². The molecule has 8 nitrogen and oxygen atoms in total. The standard InChI is InChI=1S/C31H41N5O3/c1-21(2)39-28-12-11-24(18-25(28)19-33)29(38)34-26(13-16-37)17-22-7-9-23(10-8-22)27-20-36(15-6-14-32)30(35-27)31(3,4)5/h7-12,18,20-21,26,37H,6,13-17,32H2,1-5H3,(H,34,38)/t26-/m1/s1. The molecule has 0 saturated heterocycles. The van der Waals surface area contributed by atoms with Gasteiger partial charge in [-0.05, 0) is 63.4 Å². The number of ether oxygens (including phenoxy) is 1. The summed E-state index contributed by atoms with van der Waals surface area (Å²) in [6.07, 6.45) is 3.87. The van der Waals surface area contributed by atoms with Crippen molar-refractivity contribution in [1.29, 1.82) is 5.26 Å². The normalized spacial score (nSPS) is 12.3. The zero-order valence-corrected chi connectivity index (χ0v) is 23.7. The highest BCUT2D eigenvalue weighted by atomic mass is 16.5. The van der Waals surface area contributed by atoms with Crippen LogP contribution < -0.4 is 15.8 Å².